The largest absolute Gasteiger partial charge is 0.497 e. The van der Waals surface area contributed by atoms with Gasteiger partial charge in [-0.3, -0.25) is 9.59 Å². The summed E-state index contributed by atoms with van der Waals surface area (Å²) < 4.78 is 5.14. The Morgan fingerprint density at radius 1 is 1.30 bits per heavy atom. The van der Waals surface area contributed by atoms with Gasteiger partial charge in [0.15, 0.2) is 0 Å². The summed E-state index contributed by atoms with van der Waals surface area (Å²) in [4.78, 5) is 26.6. The molecule has 0 spiro atoms. The molecule has 0 aliphatic carbocycles. The molecule has 1 aromatic heterocycles. The fraction of sp³-hybridized carbons (Fsp3) is 0.474. The summed E-state index contributed by atoms with van der Waals surface area (Å²) in [6, 6.07) is 7.25. The lowest BCUT2D eigenvalue weighted by Crippen LogP contribution is -2.28. The van der Waals surface area contributed by atoms with Crippen LogP contribution in [0.1, 0.15) is 44.0 Å². The summed E-state index contributed by atoms with van der Waals surface area (Å²) in [5.74, 6) is 0.443. The lowest BCUT2D eigenvalue weighted by Gasteiger charge is -2.16. The minimum atomic E-state index is -0.403. The van der Waals surface area contributed by atoms with Crippen LogP contribution in [0.3, 0.4) is 0 Å². The van der Waals surface area contributed by atoms with E-state index in [1.807, 2.05) is 12.1 Å². The van der Waals surface area contributed by atoms with Crippen LogP contribution in [0.4, 0.5) is 10.8 Å². The van der Waals surface area contributed by atoms with Crippen molar-refractivity contribution in [2.45, 2.75) is 39.0 Å². The molecule has 144 valence electrons. The van der Waals surface area contributed by atoms with E-state index in [9.17, 15) is 9.59 Å². The summed E-state index contributed by atoms with van der Waals surface area (Å²) in [6.45, 7) is 4.59. The summed E-state index contributed by atoms with van der Waals surface area (Å²) in [7, 11) is 1.60. The van der Waals surface area contributed by atoms with Crippen LogP contribution < -0.4 is 15.0 Å². The summed E-state index contributed by atoms with van der Waals surface area (Å²) in [5, 5.41) is 12.5. The molecule has 1 aliphatic rings. The van der Waals surface area contributed by atoms with Crippen LogP contribution in [-0.2, 0) is 9.59 Å². The maximum Gasteiger partial charge on any atom is 0.231 e. The third-order valence-electron chi connectivity index (χ3n) is 4.89. The Morgan fingerprint density at radius 3 is 2.63 bits per heavy atom. The van der Waals surface area contributed by atoms with Gasteiger partial charge in [-0.05, 0) is 37.1 Å². The molecule has 2 heterocycles. The average molecular weight is 388 g/mol. The molecule has 2 aromatic rings. The third-order valence-corrected chi connectivity index (χ3v) is 5.89. The molecule has 0 radical (unpaired) electrons. The fourth-order valence-corrected chi connectivity index (χ4v) is 4.20. The number of benzene rings is 1. The standard InChI is InChI=1S/C19H24N4O3S/c1-4-12(5-2)18-21-22-19(27-18)20-17(25)13-10-16(24)23(11-13)14-6-8-15(26-3)9-7-14/h6-9,12-13H,4-5,10-11H2,1-3H3,(H,20,22,25)/t13-/m1/s1. The van der Waals surface area contributed by atoms with Gasteiger partial charge < -0.3 is 15.0 Å². The third kappa shape index (κ3) is 4.27. The molecule has 0 bridgehead atoms. The lowest BCUT2D eigenvalue weighted by atomic mass is 10.1. The Kier molecular flexibility index (Phi) is 6.05. The van der Waals surface area contributed by atoms with E-state index in [1.54, 1.807) is 24.1 Å². The van der Waals surface area contributed by atoms with Crippen LogP contribution in [0.25, 0.3) is 0 Å². The number of nitrogens with zero attached hydrogens (tertiary/aromatic N) is 3. The van der Waals surface area contributed by atoms with Gasteiger partial charge in [0, 0.05) is 24.6 Å². The number of ether oxygens (including phenoxy) is 1. The van der Waals surface area contributed by atoms with Crippen LogP contribution in [0, 0.1) is 5.92 Å². The summed E-state index contributed by atoms with van der Waals surface area (Å²) in [6.07, 6.45) is 2.18. The number of carbonyl (C=O) groups excluding carboxylic acids is 2. The number of anilines is 2. The van der Waals surface area contributed by atoms with Crippen molar-refractivity contribution in [1.82, 2.24) is 10.2 Å². The Morgan fingerprint density at radius 2 is 2.00 bits per heavy atom. The molecule has 7 nitrogen and oxygen atoms in total. The van der Waals surface area contributed by atoms with Gasteiger partial charge in [0.1, 0.15) is 10.8 Å². The molecule has 27 heavy (non-hydrogen) atoms. The van der Waals surface area contributed by atoms with Crippen molar-refractivity contribution in [3.63, 3.8) is 0 Å². The van der Waals surface area contributed by atoms with E-state index in [1.165, 1.54) is 11.3 Å². The molecule has 3 rings (SSSR count). The van der Waals surface area contributed by atoms with Gasteiger partial charge in [-0.1, -0.05) is 25.2 Å². The number of aromatic nitrogens is 2. The first kappa shape index (κ1) is 19.3. The van der Waals surface area contributed by atoms with Crippen LogP contribution >= 0.6 is 11.3 Å². The summed E-state index contributed by atoms with van der Waals surface area (Å²) in [5.41, 5.74) is 0.767. The van der Waals surface area contributed by atoms with Gasteiger partial charge in [0.25, 0.3) is 0 Å². The minimum absolute atomic E-state index is 0.0599. The predicted octanol–water partition coefficient (Wildman–Crippen LogP) is 3.44. The van der Waals surface area contributed by atoms with Crippen molar-refractivity contribution in [3.05, 3.63) is 29.3 Å². The zero-order valence-corrected chi connectivity index (χ0v) is 16.6. The second-order valence-electron chi connectivity index (χ2n) is 6.55. The normalized spacial score (nSPS) is 16.8. The molecular formula is C19H24N4O3S. The predicted molar refractivity (Wildman–Crippen MR) is 105 cm³/mol. The van der Waals surface area contributed by atoms with Crippen molar-refractivity contribution < 1.29 is 14.3 Å². The Balaban J connectivity index is 1.63. The van der Waals surface area contributed by atoms with E-state index < -0.39 is 5.92 Å². The maximum absolute atomic E-state index is 12.6. The van der Waals surface area contributed by atoms with Crippen molar-refractivity contribution in [2.24, 2.45) is 5.92 Å². The van der Waals surface area contributed by atoms with E-state index in [0.717, 1.165) is 29.3 Å². The average Bonchev–Trinajstić information content (AvgIpc) is 3.30. The van der Waals surface area contributed by atoms with E-state index in [-0.39, 0.29) is 18.2 Å². The lowest BCUT2D eigenvalue weighted by molar-refractivity contribution is -0.122. The number of hydrogen-bond donors (Lipinski definition) is 1. The number of amides is 2. The summed E-state index contributed by atoms with van der Waals surface area (Å²) >= 11 is 1.41. The first-order valence-corrected chi connectivity index (χ1v) is 9.96. The Labute approximate surface area is 162 Å². The Bertz CT molecular complexity index is 802. The van der Waals surface area contributed by atoms with Crippen LogP contribution in [0.2, 0.25) is 0 Å². The van der Waals surface area contributed by atoms with Crippen molar-refractivity contribution in [3.8, 4) is 5.75 Å². The van der Waals surface area contributed by atoms with Gasteiger partial charge in [0.2, 0.25) is 16.9 Å². The van der Waals surface area contributed by atoms with Gasteiger partial charge in [-0.15, -0.1) is 10.2 Å². The monoisotopic (exact) mass is 388 g/mol. The van der Waals surface area contributed by atoms with E-state index in [0.29, 0.717) is 17.6 Å². The first-order chi connectivity index (χ1) is 13.0. The van der Waals surface area contributed by atoms with Gasteiger partial charge in [0.05, 0.1) is 13.0 Å². The van der Waals surface area contributed by atoms with Gasteiger partial charge in [-0.2, -0.15) is 0 Å². The van der Waals surface area contributed by atoms with E-state index in [2.05, 4.69) is 29.4 Å². The number of nitrogens with one attached hydrogen (secondary N) is 1. The van der Waals surface area contributed by atoms with Crippen LogP contribution in [0.15, 0.2) is 24.3 Å². The molecule has 1 saturated heterocycles. The van der Waals surface area contributed by atoms with Crippen LogP contribution in [-0.4, -0.2) is 35.7 Å². The topological polar surface area (TPSA) is 84.4 Å². The van der Waals surface area contributed by atoms with Crippen LogP contribution in [0.5, 0.6) is 5.75 Å². The smallest absolute Gasteiger partial charge is 0.231 e. The van der Waals surface area contributed by atoms with Gasteiger partial charge in [-0.25, -0.2) is 0 Å². The molecular weight excluding hydrogens is 364 g/mol. The second-order valence-corrected chi connectivity index (χ2v) is 7.56. The Hall–Kier alpha value is -2.48. The number of carbonyl (C=O) groups is 2. The molecule has 8 heteroatoms. The highest BCUT2D eigenvalue weighted by Gasteiger charge is 2.35. The molecule has 1 atom stereocenters. The highest BCUT2D eigenvalue weighted by molar-refractivity contribution is 7.15. The number of hydrogen-bond acceptors (Lipinski definition) is 6. The second kappa shape index (κ2) is 8.47. The minimum Gasteiger partial charge on any atom is -0.497 e. The fourth-order valence-electron chi connectivity index (χ4n) is 3.19. The SMILES string of the molecule is CCC(CC)c1nnc(NC(=O)[C@@H]2CC(=O)N(c3ccc(OC)cc3)C2)s1. The molecule has 1 N–H and O–H groups in total. The molecule has 0 unspecified atom stereocenters. The molecule has 1 fully saturated rings. The zero-order valence-electron chi connectivity index (χ0n) is 15.8. The van der Waals surface area contributed by atoms with Crippen molar-refractivity contribution in [2.75, 3.05) is 23.9 Å². The molecule has 0 saturated carbocycles. The zero-order chi connectivity index (χ0) is 19.4. The molecule has 1 aromatic carbocycles. The highest BCUT2D eigenvalue weighted by atomic mass is 32.1. The number of methoxy groups -OCH3 is 1. The van der Waals surface area contributed by atoms with Gasteiger partial charge >= 0.3 is 0 Å². The molecule has 2 amide bonds. The maximum atomic E-state index is 12.6. The van der Waals surface area contributed by atoms with Crippen molar-refractivity contribution in [1.29, 1.82) is 0 Å². The van der Waals surface area contributed by atoms with E-state index in [4.69, 9.17) is 4.74 Å². The quantitative estimate of drug-likeness (QED) is 0.785. The highest BCUT2D eigenvalue weighted by Crippen LogP contribution is 2.30. The number of rotatable bonds is 7. The van der Waals surface area contributed by atoms with Crippen molar-refractivity contribution >= 4 is 34.0 Å². The van der Waals surface area contributed by atoms with E-state index >= 15 is 0 Å². The molecule has 1 aliphatic heterocycles. The first-order valence-electron chi connectivity index (χ1n) is 9.14.